The van der Waals surface area contributed by atoms with E-state index in [1.165, 1.54) is 12.0 Å². The number of anilines is 1. The van der Waals surface area contributed by atoms with E-state index in [1.807, 2.05) is 36.8 Å². The van der Waals surface area contributed by atoms with Gasteiger partial charge in [0.1, 0.15) is 11.6 Å². The maximum absolute atomic E-state index is 4.67. The average Bonchev–Trinajstić information content (AvgIpc) is 3.11. The number of pyridine rings is 2. The lowest BCUT2D eigenvalue weighted by atomic mass is 9.97. The lowest BCUT2D eigenvalue weighted by Gasteiger charge is -2.33. The predicted octanol–water partition coefficient (Wildman–Crippen LogP) is 3.41. The van der Waals surface area contributed by atoms with Crippen molar-refractivity contribution in [3.8, 4) is 0 Å². The van der Waals surface area contributed by atoms with E-state index in [2.05, 4.69) is 49.7 Å². The van der Waals surface area contributed by atoms with Crippen LogP contribution in [0.3, 0.4) is 0 Å². The van der Waals surface area contributed by atoms with Crippen molar-refractivity contribution in [1.29, 1.82) is 0 Å². The lowest BCUT2D eigenvalue weighted by Crippen LogP contribution is -2.36. The number of hydrogen-bond donors (Lipinski definition) is 0. The van der Waals surface area contributed by atoms with Gasteiger partial charge in [-0.15, -0.1) is 0 Å². The van der Waals surface area contributed by atoms with Crippen molar-refractivity contribution in [2.45, 2.75) is 32.2 Å². The SMILES string of the molecule is Cc1ccnc(N2CCCC(c3nccn3Cc3ccccn3)C2)c1. The number of imidazole rings is 1. The van der Waals surface area contributed by atoms with Gasteiger partial charge in [0.25, 0.3) is 0 Å². The molecule has 0 saturated carbocycles. The predicted molar refractivity (Wildman–Crippen MR) is 98.7 cm³/mol. The number of piperidine rings is 1. The van der Waals surface area contributed by atoms with Gasteiger partial charge in [-0.05, 0) is 49.6 Å². The van der Waals surface area contributed by atoms with E-state index in [1.54, 1.807) is 0 Å². The second kappa shape index (κ2) is 7.05. The van der Waals surface area contributed by atoms with E-state index in [0.29, 0.717) is 5.92 Å². The molecule has 5 nitrogen and oxygen atoms in total. The molecule has 0 bridgehead atoms. The minimum Gasteiger partial charge on any atom is -0.356 e. The zero-order valence-corrected chi connectivity index (χ0v) is 14.5. The van der Waals surface area contributed by atoms with Crippen LogP contribution in [0.5, 0.6) is 0 Å². The number of aromatic nitrogens is 4. The molecule has 1 fully saturated rings. The maximum Gasteiger partial charge on any atom is 0.128 e. The fraction of sp³-hybridized carbons (Fsp3) is 0.350. The molecule has 1 aliphatic rings. The smallest absolute Gasteiger partial charge is 0.128 e. The minimum atomic E-state index is 0.426. The van der Waals surface area contributed by atoms with Gasteiger partial charge in [-0.3, -0.25) is 4.98 Å². The minimum absolute atomic E-state index is 0.426. The molecule has 4 heterocycles. The molecule has 3 aromatic heterocycles. The summed E-state index contributed by atoms with van der Waals surface area (Å²) in [5, 5.41) is 0. The summed E-state index contributed by atoms with van der Waals surface area (Å²) in [6, 6.07) is 10.3. The third kappa shape index (κ3) is 3.55. The zero-order valence-electron chi connectivity index (χ0n) is 14.5. The molecule has 0 amide bonds. The van der Waals surface area contributed by atoms with Gasteiger partial charge in [-0.25, -0.2) is 9.97 Å². The maximum atomic E-state index is 4.67. The van der Waals surface area contributed by atoms with Gasteiger partial charge in [0.05, 0.1) is 12.2 Å². The van der Waals surface area contributed by atoms with Crippen LogP contribution in [0.25, 0.3) is 0 Å². The third-order valence-electron chi connectivity index (χ3n) is 4.82. The molecule has 1 aliphatic heterocycles. The van der Waals surface area contributed by atoms with Crippen molar-refractivity contribution in [3.05, 3.63) is 72.2 Å². The van der Waals surface area contributed by atoms with Crippen LogP contribution in [-0.4, -0.2) is 32.6 Å². The standard InChI is InChI=1S/C20H23N5/c1-16-7-9-22-19(13-16)24-11-4-5-17(14-24)20-23-10-12-25(20)15-18-6-2-3-8-21-18/h2-3,6-10,12-13,17H,4-5,11,14-15H2,1H3. The largest absolute Gasteiger partial charge is 0.356 e. The van der Waals surface area contributed by atoms with Crippen LogP contribution in [0.15, 0.2) is 55.1 Å². The van der Waals surface area contributed by atoms with Gasteiger partial charge in [-0.1, -0.05) is 6.07 Å². The van der Waals surface area contributed by atoms with Crippen molar-refractivity contribution in [1.82, 2.24) is 19.5 Å². The summed E-state index contributed by atoms with van der Waals surface area (Å²) in [5.74, 6) is 2.66. The Morgan fingerprint density at radius 1 is 1.08 bits per heavy atom. The molecule has 25 heavy (non-hydrogen) atoms. The van der Waals surface area contributed by atoms with Gasteiger partial charge in [-0.2, -0.15) is 0 Å². The topological polar surface area (TPSA) is 46.8 Å². The molecule has 0 radical (unpaired) electrons. The summed E-state index contributed by atoms with van der Waals surface area (Å²) in [5.41, 5.74) is 2.32. The third-order valence-corrected chi connectivity index (χ3v) is 4.82. The summed E-state index contributed by atoms with van der Waals surface area (Å²) in [6.45, 7) is 4.92. The fourth-order valence-corrected chi connectivity index (χ4v) is 3.57. The Bertz CT molecular complexity index is 827. The number of aryl methyl sites for hydroxylation is 1. The van der Waals surface area contributed by atoms with Crippen molar-refractivity contribution in [3.63, 3.8) is 0 Å². The van der Waals surface area contributed by atoms with Crippen LogP contribution in [-0.2, 0) is 6.54 Å². The van der Waals surface area contributed by atoms with E-state index >= 15 is 0 Å². The first kappa shape index (κ1) is 15.8. The van der Waals surface area contributed by atoms with E-state index in [9.17, 15) is 0 Å². The van der Waals surface area contributed by atoms with E-state index in [0.717, 1.165) is 43.4 Å². The van der Waals surface area contributed by atoms with Crippen LogP contribution in [0.1, 0.15) is 35.8 Å². The monoisotopic (exact) mass is 333 g/mol. The molecular formula is C20H23N5. The zero-order chi connectivity index (χ0) is 17.1. The summed E-state index contributed by atoms with van der Waals surface area (Å²) in [7, 11) is 0. The highest BCUT2D eigenvalue weighted by atomic mass is 15.2. The molecular weight excluding hydrogens is 310 g/mol. The first-order valence-electron chi connectivity index (χ1n) is 8.88. The van der Waals surface area contributed by atoms with E-state index in [-0.39, 0.29) is 0 Å². The highest BCUT2D eigenvalue weighted by molar-refractivity contribution is 5.41. The Morgan fingerprint density at radius 2 is 2.04 bits per heavy atom. The molecule has 1 atom stereocenters. The second-order valence-corrected chi connectivity index (χ2v) is 6.71. The first-order valence-corrected chi connectivity index (χ1v) is 8.88. The highest BCUT2D eigenvalue weighted by Crippen LogP contribution is 2.28. The van der Waals surface area contributed by atoms with Crippen LogP contribution in [0.4, 0.5) is 5.82 Å². The Labute approximate surface area is 148 Å². The Hall–Kier alpha value is -2.69. The van der Waals surface area contributed by atoms with Crippen LogP contribution in [0.2, 0.25) is 0 Å². The number of nitrogens with zero attached hydrogens (tertiary/aromatic N) is 5. The van der Waals surface area contributed by atoms with Crippen molar-refractivity contribution in [2.75, 3.05) is 18.0 Å². The number of hydrogen-bond acceptors (Lipinski definition) is 4. The Morgan fingerprint density at radius 3 is 2.88 bits per heavy atom. The van der Waals surface area contributed by atoms with Gasteiger partial charge in [0, 0.05) is 43.8 Å². The summed E-state index contributed by atoms with van der Waals surface area (Å²) in [4.78, 5) is 16.1. The van der Waals surface area contributed by atoms with Gasteiger partial charge in [0.15, 0.2) is 0 Å². The quantitative estimate of drug-likeness (QED) is 0.734. The van der Waals surface area contributed by atoms with Crippen molar-refractivity contribution in [2.24, 2.45) is 0 Å². The molecule has 128 valence electrons. The van der Waals surface area contributed by atoms with Crippen LogP contribution < -0.4 is 4.90 Å². The van der Waals surface area contributed by atoms with Crippen molar-refractivity contribution >= 4 is 5.82 Å². The van der Waals surface area contributed by atoms with Crippen LogP contribution in [0, 0.1) is 6.92 Å². The molecule has 4 rings (SSSR count). The molecule has 5 heteroatoms. The van der Waals surface area contributed by atoms with Gasteiger partial charge in [0.2, 0.25) is 0 Å². The lowest BCUT2D eigenvalue weighted by molar-refractivity contribution is 0.473. The molecule has 0 aliphatic carbocycles. The highest BCUT2D eigenvalue weighted by Gasteiger charge is 2.25. The molecule has 0 spiro atoms. The summed E-state index contributed by atoms with van der Waals surface area (Å²) >= 11 is 0. The molecule has 0 N–H and O–H groups in total. The average molecular weight is 333 g/mol. The molecule has 0 aromatic carbocycles. The van der Waals surface area contributed by atoms with Crippen molar-refractivity contribution < 1.29 is 0 Å². The summed E-state index contributed by atoms with van der Waals surface area (Å²) < 4.78 is 2.24. The molecule has 1 saturated heterocycles. The summed E-state index contributed by atoms with van der Waals surface area (Å²) in [6.07, 6.45) is 10.0. The first-order chi connectivity index (χ1) is 12.3. The van der Waals surface area contributed by atoms with E-state index < -0.39 is 0 Å². The van der Waals surface area contributed by atoms with E-state index in [4.69, 9.17) is 0 Å². The second-order valence-electron chi connectivity index (χ2n) is 6.71. The fourth-order valence-electron chi connectivity index (χ4n) is 3.57. The molecule has 3 aromatic rings. The normalized spacial score (nSPS) is 17.6. The Balaban J connectivity index is 1.53. The number of rotatable bonds is 4. The van der Waals surface area contributed by atoms with Gasteiger partial charge >= 0.3 is 0 Å². The molecule has 1 unspecified atom stereocenters. The van der Waals surface area contributed by atoms with Gasteiger partial charge < -0.3 is 9.47 Å². The van der Waals surface area contributed by atoms with Crippen LogP contribution >= 0.6 is 0 Å². The Kier molecular flexibility index (Phi) is 4.46.